The number of halogens is 1. The zero-order valence-electron chi connectivity index (χ0n) is 11.2. The number of carbonyl (C=O) groups excluding carboxylic acids is 1. The van der Waals surface area contributed by atoms with Gasteiger partial charge >= 0.3 is 0 Å². The highest BCUT2D eigenvalue weighted by molar-refractivity contribution is 6.17. The lowest BCUT2D eigenvalue weighted by atomic mass is 10.0. The molecule has 2 aliphatic rings. The van der Waals surface area contributed by atoms with Crippen LogP contribution in [0.1, 0.15) is 32.6 Å². The Morgan fingerprint density at radius 2 is 1.94 bits per heavy atom. The average Bonchev–Trinajstić information content (AvgIpc) is 3.12. The van der Waals surface area contributed by atoms with E-state index >= 15 is 0 Å². The van der Waals surface area contributed by atoms with Crippen LogP contribution >= 0.6 is 11.6 Å². The molecule has 18 heavy (non-hydrogen) atoms. The van der Waals surface area contributed by atoms with Crippen LogP contribution in [0.5, 0.6) is 0 Å². The third-order valence-electron chi connectivity index (χ3n) is 4.36. The summed E-state index contributed by atoms with van der Waals surface area (Å²) in [6.07, 6.45) is 5.16. The van der Waals surface area contributed by atoms with E-state index in [2.05, 4.69) is 0 Å². The van der Waals surface area contributed by atoms with Crippen LogP contribution in [0.25, 0.3) is 0 Å². The molecule has 2 unspecified atom stereocenters. The van der Waals surface area contributed by atoms with E-state index in [0.717, 1.165) is 6.54 Å². The summed E-state index contributed by atoms with van der Waals surface area (Å²) >= 11 is 5.55. The van der Waals surface area contributed by atoms with Crippen molar-refractivity contribution >= 4 is 17.5 Å². The molecule has 2 rings (SSSR count). The molecule has 0 radical (unpaired) electrons. The predicted molar refractivity (Wildman–Crippen MR) is 72.7 cm³/mol. The van der Waals surface area contributed by atoms with Crippen LogP contribution in [0.4, 0.5) is 0 Å². The topological polar surface area (TPSA) is 29.5 Å². The van der Waals surface area contributed by atoms with Crippen LogP contribution in [-0.4, -0.2) is 43.0 Å². The monoisotopic (exact) mass is 273 g/mol. The molecule has 0 spiro atoms. The fraction of sp³-hybridized carbons (Fsp3) is 0.929. The van der Waals surface area contributed by atoms with Gasteiger partial charge in [0.25, 0.3) is 0 Å². The molecule has 4 heteroatoms. The Kier molecular flexibility index (Phi) is 5.31. The van der Waals surface area contributed by atoms with Gasteiger partial charge in [0, 0.05) is 24.9 Å². The van der Waals surface area contributed by atoms with E-state index < -0.39 is 0 Å². The normalized spacial score (nSPS) is 29.8. The highest BCUT2D eigenvalue weighted by Crippen LogP contribution is 2.56. The summed E-state index contributed by atoms with van der Waals surface area (Å²) in [4.78, 5) is 14.4. The number of rotatable bonds is 7. The second kappa shape index (κ2) is 6.76. The van der Waals surface area contributed by atoms with Gasteiger partial charge in [-0.3, -0.25) is 4.79 Å². The van der Waals surface area contributed by atoms with Crippen LogP contribution in [0.3, 0.4) is 0 Å². The van der Waals surface area contributed by atoms with E-state index in [9.17, 15) is 4.79 Å². The van der Waals surface area contributed by atoms with Crippen LogP contribution in [-0.2, 0) is 9.53 Å². The van der Waals surface area contributed by atoms with Gasteiger partial charge < -0.3 is 9.64 Å². The van der Waals surface area contributed by atoms with Crippen molar-refractivity contribution in [2.24, 2.45) is 17.8 Å². The Hall–Kier alpha value is -0.280. The molecular weight excluding hydrogens is 250 g/mol. The lowest BCUT2D eigenvalue weighted by Gasteiger charge is -2.21. The van der Waals surface area contributed by atoms with Gasteiger partial charge in [-0.2, -0.15) is 0 Å². The van der Waals surface area contributed by atoms with Crippen molar-refractivity contribution in [2.45, 2.75) is 32.6 Å². The van der Waals surface area contributed by atoms with Crippen molar-refractivity contribution in [1.29, 1.82) is 0 Å². The van der Waals surface area contributed by atoms with Crippen LogP contribution < -0.4 is 0 Å². The summed E-state index contributed by atoms with van der Waals surface area (Å²) < 4.78 is 5.36. The molecule has 2 saturated carbocycles. The first-order chi connectivity index (χ1) is 8.79. The first-order valence-electron chi connectivity index (χ1n) is 7.22. The summed E-state index contributed by atoms with van der Waals surface area (Å²) in [7, 11) is 0. The number of carbonyl (C=O) groups is 1. The van der Waals surface area contributed by atoms with E-state index in [1.807, 2.05) is 11.8 Å². The number of alkyl halides is 1. The van der Waals surface area contributed by atoms with Gasteiger partial charge in [-0.15, -0.1) is 11.6 Å². The Balaban J connectivity index is 1.75. The molecule has 2 aliphatic carbocycles. The summed E-state index contributed by atoms with van der Waals surface area (Å²) in [6.45, 7) is 4.73. The number of likely N-dealkylation sites (N-methyl/N-ethyl adjacent to an activating group) is 1. The van der Waals surface area contributed by atoms with Gasteiger partial charge in [-0.25, -0.2) is 0 Å². The maximum absolute atomic E-state index is 12.4. The van der Waals surface area contributed by atoms with E-state index in [4.69, 9.17) is 16.3 Å². The molecule has 2 fully saturated rings. The van der Waals surface area contributed by atoms with Crippen LogP contribution in [0, 0.1) is 17.8 Å². The predicted octanol–water partition coefficient (Wildman–Crippen LogP) is 2.53. The number of hydrogen-bond acceptors (Lipinski definition) is 2. The minimum Gasteiger partial charge on any atom is -0.378 e. The van der Waals surface area contributed by atoms with Crippen molar-refractivity contribution < 1.29 is 9.53 Å². The smallest absolute Gasteiger partial charge is 0.226 e. The van der Waals surface area contributed by atoms with Gasteiger partial charge in [0.15, 0.2) is 0 Å². The van der Waals surface area contributed by atoms with Crippen LogP contribution in [0.15, 0.2) is 0 Å². The largest absolute Gasteiger partial charge is 0.378 e. The van der Waals surface area contributed by atoms with E-state index in [0.29, 0.717) is 49.3 Å². The number of ether oxygens (including phenoxy) is 1. The number of hydrogen-bond donors (Lipinski definition) is 0. The molecule has 0 bridgehead atoms. The molecule has 0 N–H and O–H groups in total. The lowest BCUT2D eigenvalue weighted by molar-refractivity contribution is -0.133. The molecule has 104 valence electrons. The maximum Gasteiger partial charge on any atom is 0.226 e. The first-order valence-corrected chi connectivity index (χ1v) is 7.75. The van der Waals surface area contributed by atoms with Crippen molar-refractivity contribution in [2.75, 3.05) is 32.2 Å². The molecule has 0 saturated heterocycles. The minimum absolute atomic E-state index is 0.334. The number of fused-ring (bicyclic) bond motifs is 1. The molecule has 0 aromatic rings. The average molecular weight is 274 g/mol. The Morgan fingerprint density at radius 1 is 1.28 bits per heavy atom. The van der Waals surface area contributed by atoms with Crippen molar-refractivity contribution in [3.05, 3.63) is 0 Å². The van der Waals surface area contributed by atoms with Gasteiger partial charge in [0.05, 0.1) is 13.2 Å². The third kappa shape index (κ3) is 3.18. The van der Waals surface area contributed by atoms with Crippen LogP contribution in [0.2, 0.25) is 0 Å². The molecule has 0 aromatic heterocycles. The van der Waals surface area contributed by atoms with Crippen molar-refractivity contribution in [1.82, 2.24) is 4.90 Å². The third-order valence-corrected chi connectivity index (χ3v) is 4.52. The van der Waals surface area contributed by atoms with Gasteiger partial charge in [0.2, 0.25) is 5.91 Å². The Bertz CT molecular complexity index is 273. The van der Waals surface area contributed by atoms with Gasteiger partial charge in [0.1, 0.15) is 0 Å². The highest BCUT2D eigenvalue weighted by atomic mass is 35.5. The minimum atomic E-state index is 0.334. The first kappa shape index (κ1) is 14.1. The SMILES string of the molecule is CCN(CCOCCCl)C(=O)C1C2CCCCC21. The summed E-state index contributed by atoms with van der Waals surface area (Å²) in [6, 6.07) is 0. The zero-order valence-corrected chi connectivity index (χ0v) is 12.0. The molecule has 3 nitrogen and oxygen atoms in total. The Labute approximate surface area is 115 Å². The fourth-order valence-corrected chi connectivity index (χ4v) is 3.43. The highest BCUT2D eigenvalue weighted by Gasteiger charge is 2.55. The van der Waals surface area contributed by atoms with Gasteiger partial charge in [-0.05, 0) is 31.6 Å². The van der Waals surface area contributed by atoms with E-state index in [1.54, 1.807) is 0 Å². The quantitative estimate of drug-likeness (QED) is 0.527. The molecule has 0 heterocycles. The van der Waals surface area contributed by atoms with E-state index in [1.165, 1.54) is 25.7 Å². The maximum atomic E-state index is 12.4. The fourth-order valence-electron chi connectivity index (χ4n) is 3.32. The summed E-state index contributed by atoms with van der Waals surface area (Å²) in [5, 5.41) is 0. The zero-order chi connectivity index (χ0) is 13.0. The number of amides is 1. The van der Waals surface area contributed by atoms with Crippen molar-refractivity contribution in [3.63, 3.8) is 0 Å². The van der Waals surface area contributed by atoms with Gasteiger partial charge in [-0.1, -0.05) is 12.8 Å². The molecule has 2 atom stereocenters. The van der Waals surface area contributed by atoms with E-state index in [-0.39, 0.29) is 0 Å². The second-order valence-electron chi connectivity index (χ2n) is 5.36. The Morgan fingerprint density at radius 3 is 2.50 bits per heavy atom. The summed E-state index contributed by atoms with van der Waals surface area (Å²) in [5.41, 5.74) is 0. The summed E-state index contributed by atoms with van der Waals surface area (Å²) in [5.74, 6) is 2.62. The molecule has 0 aromatic carbocycles. The molecule has 1 amide bonds. The molecule has 0 aliphatic heterocycles. The van der Waals surface area contributed by atoms with Crippen molar-refractivity contribution in [3.8, 4) is 0 Å². The number of nitrogens with zero attached hydrogens (tertiary/aromatic N) is 1. The molecular formula is C14H24ClNO2. The second-order valence-corrected chi connectivity index (χ2v) is 5.74. The standard InChI is InChI=1S/C14H24ClNO2/c1-2-16(8-10-18-9-7-15)14(17)13-11-5-3-4-6-12(11)13/h11-13H,2-10H2,1H3. The lowest BCUT2D eigenvalue weighted by Crippen LogP contribution is -2.35.